The molecule has 0 aromatic heterocycles. The predicted octanol–water partition coefficient (Wildman–Crippen LogP) is 2.23. The molecular formula is C14H23NO3S. The van der Waals surface area contributed by atoms with E-state index in [9.17, 15) is 9.59 Å². The van der Waals surface area contributed by atoms with Crippen molar-refractivity contribution in [2.24, 2.45) is 11.3 Å². The number of carboxylic acid groups (broad SMARTS) is 1. The summed E-state index contributed by atoms with van der Waals surface area (Å²) in [5, 5.41) is 8.85. The van der Waals surface area contributed by atoms with Gasteiger partial charge in [-0.2, -0.15) is 11.8 Å². The van der Waals surface area contributed by atoms with Crippen LogP contribution in [0.1, 0.15) is 39.0 Å². The molecule has 0 aromatic rings. The van der Waals surface area contributed by atoms with E-state index < -0.39 is 5.97 Å². The summed E-state index contributed by atoms with van der Waals surface area (Å²) in [5.41, 5.74) is -0.00797. The molecule has 4 nitrogen and oxygen atoms in total. The smallest absolute Gasteiger partial charge is 0.303 e. The lowest BCUT2D eigenvalue weighted by atomic mass is 10.0. The molecule has 0 bridgehead atoms. The van der Waals surface area contributed by atoms with Gasteiger partial charge < -0.3 is 10.0 Å². The van der Waals surface area contributed by atoms with Gasteiger partial charge in [0.2, 0.25) is 5.91 Å². The lowest BCUT2D eigenvalue weighted by Crippen LogP contribution is -2.40. The highest BCUT2D eigenvalue weighted by Gasteiger charge is 2.44. The second-order valence-corrected chi connectivity index (χ2v) is 7.14. The molecule has 1 N–H and O–H groups in total. The van der Waals surface area contributed by atoms with Gasteiger partial charge in [-0.25, -0.2) is 0 Å². The SMILES string of the molecule is CC1CCCN(C(=O)CSCC2(CC(=O)O)CC2)C1. The molecule has 2 rings (SSSR count). The standard InChI is InChI=1S/C14H23NO3S/c1-11-3-2-6-15(8-11)12(16)9-19-10-14(4-5-14)7-13(17)18/h11H,2-10H2,1H3,(H,17,18). The average Bonchev–Trinajstić information content (AvgIpc) is 3.08. The van der Waals surface area contributed by atoms with Gasteiger partial charge in [0.15, 0.2) is 0 Å². The van der Waals surface area contributed by atoms with Crippen molar-refractivity contribution >= 4 is 23.6 Å². The molecule has 0 spiro atoms. The van der Waals surface area contributed by atoms with Crippen molar-refractivity contribution < 1.29 is 14.7 Å². The Labute approximate surface area is 118 Å². The van der Waals surface area contributed by atoms with E-state index in [0.29, 0.717) is 11.7 Å². The van der Waals surface area contributed by atoms with Crippen molar-refractivity contribution in [3.63, 3.8) is 0 Å². The molecule has 0 radical (unpaired) electrons. The first kappa shape index (κ1) is 14.7. The van der Waals surface area contributed by atoms with Crippen LogP contribution in [0.2, 0.25) is 0 Å². The Morgan fingerprint density at radius 2 is 2.16 bits per heavy atom. The van der Waals surface area contributed by atoms with Gasteiger partial charge in [-0.3, -0.25) is 9.59 Å². The molecule has 0 aromatic carbocycles. The van der Waals surface area contributed by atoms with Gasteiger partial charge in [-0.1, -0.05) is 6.92 Å². The van der Waals surface area contributed by atoms with E-state index >= 15 is 0 Å². The Morgan fingerprint density at radius 1 is 1.42 bits per heavy atom. The molecule has 19 heavy (non-hydrogen) atoms. The molecule has 1 amide bonds. The lowest BCUT2D eigenvalue weighted by Gasteiger charge is -2.31. The first-order chi connectivity index (χ1) is 9.01. The number of likely N-dealkylation sites (tertiary alicyclic amines) is 1. The zero-order valence-corrected chi connectivity index (χ0v) is 12.4. The summed E-state index contributed by atoms with van der Waals surface area (Å²) >= 11 is 1.61. The summed E-state index contributed by atoms with van der Waals surface area (Å²) < 4.78 is 0. The van der Waals surface area contributed by atoms with Gasteiger partial charge >= 0.3 is 5.97 Å². The van der Waals surface area contributed by atoms with Crippen LogP contribution in [0.15, 0.2) is 0 Å². The van der Waals surface area contributed by atoms with Crippen LogP contribution in [-0.4, -0.2) is 46.5 Å². The van der Waals surface area contributed by atoms with Crippen LogP contribution < -0.4 is 0 Å². The number of nitrogens with zero attached hydrogens (tertiary/aromatic N) is 1. The van der Waals surface area contributed by atoms with Crippen molar-refractivity contribution in [2.75, 3.05) is 24.6 Å². The van der Waals surface area contributed by atoms with Gasteiger partial charge in [0.1, 0.15) is 0 Å². The van der Waals surface area contributed by atoms with Gasteiger partial charge in [-0.05, 0) is 42.8 Å². The largest absolute Gasteiger partial charge is 0.481 e. The molecule has 108 valence electrons. The maximum absolute atomic E-state index is 12.1. The number of carbonyl (C=O) groups excluding carboxylic acids is 1. The Hall–Kier alpha value is -0.710. The van der Waals surface area contributed by atoms with Crippen LogP contribution in [0.25, 0.3) is 0 Å². The highest BCUT2D eigenvalue weighted by atomic mass is 32.2. The van der Waals surface area contributed by atoms with E-state index in [4.69, 9.17) is 5.11 Å². The molecule has 1 saturated carbocycles. The first-order valence-electron chi connectivity index (χ1n) is 7.08. The van der Waals surface area contributed by atoms with E-state index in [-0.39, 0.29) is 17.7 Å². The molecule has 1 unspecified atom stereocenters. The Kier molecular flexibility index (Phi) is 4.76. The topological polar surface area (TPSA) is 57.6 Å². The molecule has 2 aliphatic rings. The van der Waals surface area contributed by atoms with Crippen LogP contribution in [0.5, 0.6) is 0 Å². The average molecular weight is 285 g/mol. The minimum atomic E-state index is -0.714. The number of rotatable bonds is 6. The maximum atomic E-state index is 12.1. The van der Waals surface area contributed by atoms with E-state index in [1.165, 1.54) is 6.42 Å². The molecule has 5 heteroatoms. The number of hydrogen-bond donors (Lipinski definition) is 1. The highest BCUT2D eigenvalue weighted by Crippen LogP contribution is 2.51. The number of aliphatic carboxylic acids is 1. The number of carboxylic acids is 1. The van der Waals surface area contributed by atoms with Crippen molar-refractivity contribution in [1.82, 2.24) is 4.90 Å². The Balaban J connectivity index is 1.68. The molecule has 1 aliphatic carbocycles. The Bertz CT molecular complexity index is 355. The van der Waals surface area contributed by atoms with Gasteiger partial charge in [-0.15, -0.1) is 0 Å². The fourth-order valence-corrected chi connectivity index (χ4v) is 4.01. The van der Waals surface area contributed by atoms with E-state index in [1.54, 1.807) is 11.8 Å². The first-order valence-corrected chi connectivity index (χ1v) is 8.24. The van der Waals surface area contributed by atoms with Crippen LogP contribution >= 0.6 is 11.8 Å². The summed E-state index contributed by atoms with van der Waals surface area (Å²) in [7, 11) is 0. The predicted molar refractivity (Wildman–Crippen MR) is 76.2 cm³/mol. The number of piperidine rings is 1. The molecule has 2 fully saturated rings. The summed E-state index contributed by atoms with van der Waals surface area (Å²) in [6.45, 7) is 3.97. The number of carbonyl (C=O) groups is 2. The molecule has 1 atom stereocenters. The third-order valence-electron chi connectivity index (χ3n) is 4.13. The number of hydrogen-bond acceptors (Lipinski definition) is 3. The van der Waals surface area contributed by atoms with Crippen molar-refractivity contribution in [1.29, 1.82) is 0 Å². The minimum absolute atomic E-state index is 0.00797. The third-order valence-corrected chi connectivity index (χ3v) is 5.39. The second kappa shape index (κ2) is 6.16. The van der Waals surface area contributed by atoms with Gasteiger partial charge in [0, 0.05) is 13.1 Å². The van der Waals surface area contributed by atoms with Crippen molar-refractivity contribution in [3.05, 3.63) is 0 Å². The normalized spacial score (nSPS) is 25.1. The van der Waals surface area contributed by atoms with E-state index in [0.717, 1.165) is 38.1 Å². The van der Waals surface area contributed by atoms with Crippen LogP contribution in [0.4, 0.5) is 0 Å². The van der Waals surface area contributed by atoms with Crippen LogP contribution in [-0.2, 0) is 9.59 Å². The fraction of sp³-hybridized carbons (Fsp3) is 0.857. The van der Waals surface area contributed by atoms with E-state index in [1.807, 2.05) is 4.90 Å². The minimum Gasteiger partial charge on any atom is -0.481 e. The maximum Gasteiger partial charge on any atom is 0.303 e. The van der Waals surface area contributed by atoms with Crippen LogP contribution in [0, 0.1) is 11.3 Å². The van der Waals surface area contributed by atoms with E-state index in [2.05, 4.69) is 6.92 Å². The third kappa shape index (κ3) is 4.41. The summed E-state index contributed by atoms with van der Waals surface area (Å²) in [6, 6.07) is 0. The van der Waals surface area contributed by atoms with Crippen molar-refractivity contribution in [3.8, 4) is 0 Å². The zero-order chi connectivity index (χ0) is 13.9. The highest BCUT2D eigenvalue weighted by molar-refractivity contribution is 7.99. The van der Waals surface area contributed by atoms with Gasteiger partial charge in [0.25, 0.3) is 0 Å². The molecule has 1 heterocycles. The number of thioether (sulfide) groups is 1. The van der Waals surface area contributed by atoms with Crippen LogP contribution in [0.3, 0.4) is 0 Å². The molecular weight excluding hydrogens is 262 g/mol. The second-order valence-electron chi connectivity index (χ2n) is 6.15. The lowest BCUT2D eigenvalue weighted by molar-refractivity contribution is -0.138. The summed E-state index contributed by atoms with van der Waals surface area (Å²) in [5.74, 6) is 1.45. The Morgan fingerprint density at radius 3 is 2.74 bits per heavy atom. The molecule has 1 saturated heterocycles. The number of amides is 1. The quantitative estimate of drug-likeness (QED) is 0.813. The van der Waals surface area contributed by atoms with Gasteiger partial charge in [0.05, 0.1) is 12.2 Å². The van der Waals surface area contributed by atoms with Crippen molar-refractivity contribution in [2.45, 2.75) is 39.0 Å². The summed E-state index contributed by atoms with van der Waals surface area (Å²) in [6.07, 6.45) is 4.59. The fourth-order valence-electron chi connectivity index (χ4n) is 2.73. The molecule has 1 aliphatic heterocycles. The summed E-state index contributed by atoms with van der Waals surface area (Å²) in [4.78, 5) is 24.8. The zero-order valence-electron chi connectivity index (χ0n) is 11.6. The monoisotopic (exact) mass is 285 g/mol.